The number of benzene rings is 1. The SMILES string of the molecule is CC1(C)CCC(CC(CBr)Cc2cccc(Cl)c2)O1. The van der Waals surface area contributed by atoms with Crippen LogP contribution in [0.3, 0.4) is 0 Å². The highest BCUT2D eigenvalue weighted by Gasteiger charge is 2.32. The molecule has 0 radical (unpaired) electrons. The molecule has 1 heterocycles. The highest BCUT2D eigenvalue weighted by Crippen LogP contribution is 2.33. The van der Waals surface area contributed by atoms with E-state index in [1.165, 1.54) is 18.4 Å². The number of halogens is 2. The van der Waals surface area contributed by atoms with Crippen molar-refractivity contribution in [2.75, 3.05) is 5.33 Å². The average molecular weight is 346 g/mol. The maximum absolute atomic E-state index is 6.10. The summed E-state index contributed by atoms with van der Waals surface area (Å²) in [6, 6.07) is 8.17. The van der Waals surface area contributed by atoms with Gasteiger partial charge in [-0.2, -0.15) is 0 Å². The van der Waals surface area contributed by atoms with Crippen LogP contribution in [0.2, 0.25) is 5.02 Å². The van der Waals surface area contributed by atoms with Gasteiger partial charge < -0.3 is 4.74 Å². The van der Waals surface area contributed by atoms with Crippen molar-refractivity contribution in [2.24, 2.45) is 5.92 Å². The van der Waals surface area contributed by atoms with Gasteiger partial charge in [-0.15, -0.1) is 0 Å². The van der Waals surface area contributed by atoms with Gasteiger partial charge in [0.2, 0.25) is 0 Å². The van der Waals surface area contributed by atoms with Crippen molar-refractivity contribution < 1.29 is 4.74 Å². The third-order valence-corrected chi connectivity index (χ3v) is 4.93. The normalized spacial score (nSPS) is 23.5. The highest BCUT2D eigenvalue weighted by molar-refractivity contribution is 9.09. The van der Waals surface area contributed by atoms with E-state index in [1.807, 2.05) is 12.1 Å². The van der Waals surface area contributed by atoms with Crippen LogP contribution in [0, 0.1) is 5.92 Å². The quantitative estimate of drug-likeness (QED) is 0.663. The zero-order valence-electron chi connectivity index (χ0n) is 11.7. The van der Waals surface area contributed by atoms with Crippen LogP contribution in [0.4, 0.5) is 0 Å². The molecule has 0 aromatic heterocycles. The first kappa shape index (κ1) is 15.3. The molecule has 2 rings (SSSR count). The molecule has 1 fully saturated rings. The summed E-state index contributed by atoms with van der Waals surface area (Å²) in [4.78, 5) is 0. The summed E-state index contributed by atoms with van der Waals surface area (Å²) in [5, 5.41) is 1.84. The van der Waals surface area contributed by atoms with E-state index in [9.17, 15) is 0 Å². The van der Waals surface area contributed by atoms with E-state index in [0.717, 1.165) is 23.2 Å². The Morgan fingerprint density at radius 3 is 2.84 bits per heavy atom. The van der Waals surface area contributed by atoms with Gasteiger partial charge in [-0.3, -0.25) is 0 Å². The first-order valence-corrected chi connectivity index (χ1v) is 8.47. The summed E-state index contributed by atoms with van der Waals surface area (Å²) < 4.78 is 6.10. The third-order valence-electron chi connectivity index (χ3n) is 3.78. The number of ether oxygens (including phenoxy) is 1. The van der Waals surface area contributed by atoms with Crippen molar-refractivity contribution in [2.45, 2.75) is 51.2 Å². The Hall–Kier alpha value is -0.0500. The lowest BCUT2D eigenvalue weighted by molar-refractivity contribution is -0.0233. The molecule has 2 atom stereocenters. The molecule has 1 aliphatic heterocycles. The summed E-state index contributed by atoms with van der Waals surface area (Å²) in [6.07, 6.45) is 4.96. The lowest BCUT2D eigenvalue weighted by atomic mass is 9.94. The molecule has 1 nitrogen and oxygen atoms in total. The fourth-order valence-corrected chi connectivity index (χ4v) is 3.52. The van der Waals surface area contributed by atoms with Crippen LogP contribution in [0.25, 0.3) is 0 Å². The first-order valence-electron chi connectivity index (χ1n) is 6.97. The number of rotatable bonds is 5. The van der Waals surface area contributed by atoms with Crippen LogP contribution in [0.15, 0.2) is 24.3 Å². The molecule has 19 heavy (non-hydrogen) atoms. The minimum absolute atomic E-state index is 0.0670. The number of hydrogen-bond donors (Lipinski definition) is 0. The van der Waals surface area contributed by atoms with E-state index in [1.54, 1.807) is 0 Å². The van der Waals surface area contributed by atoms with Crippen molar-refractivity contribution in [3.63, 3.8) is 0 Å². The van der Waals surface area contributed by atoms with Crippen molar-refractivity contribution >= 4 is 27.5 Å². The molecular weight excluding hydrogens is 324 g/mol. The van der Waals surface area contributed by atoms with Crippen LogP contribution in [0.1, 0.15) is 38.7 Å². The molecule has 0 N–H and O–H groups in total. The average Bonchev–Trinajstić information content (AvgIpc) is 2.68. The second kappa shape index (κ2) is 6.60. The monoisotopic (exact) mass is 344 g/mol. The minimum Gasteiger partial charge on any atom is -0.372 e. The molecule has 1 aromatic carbocycles. The Bertz CT molecular complexity index is 419. The molecule has 3 heteroatoms. The van der Waals surface area contributed by atoms with E-state index in [4.69, 9.17) is 16.3 Å². The van der Waals surface area contributed by atoms with Gasteiger partial charge in [0.25, 0.3) is 0 Å². The zero-order chi connectivity index (χ0) is 13.9. The van der Waals surface area contributed by atoms with Crippen LogP contribution in [-0.2, 0) is 11.2 Å². The van der Waals surface area contributed by atoms with Crippen molar-refractivity contribution in [1.82, 2.24) is 0 Å². The molecule has 0 spiro atoms. The Labute approximate surface area is 129 Å². The summed E-state index contributed by atoms with van der Waals surface area (Å²) in [5.74, 6) is 0.609. The van der Waals surface area contributed by atoms with Gasteiger partial charge in [-0.1, -0.05) is 39.7 Å². The Morgan fingerprint density at radius 1 is 1.47 bits per heavy atom. The largest absolute Gasteiger partial charge is 0.372 e. The van der Waals surface area contributed by atoms with Crippen LogP contribution >= 0.6 is 27.5 Å². The van der Waals surface area contributed by atoms with E-state index >= 15 is 0 Å². The van der Waals surface area contributed by atoms with E-state index in [0.29, 0.717) is 12.0 Å². The molecule has 106 valence electrons. The predicted octanol–water partition coefficient (Wildman–Crippen LogP) is 5.24. The van der Waals surface area contributed by atoms with E-state index in [2.05, 4.69) is 41.9 Å². The maximum Gasteiger partial charge on any atom is 0.0631 e. The van der Waals surface area contributed by atoms with E-state index in [-0.39, 0.29) is 5.60 Å². The van der Waals surface area contributed by atoms with Gasteiger partial charge in [0, 0.05) is 10.4 Å². The topological polar surface area (TPSA) is 9.23 Å². The molecule has 0 saturated carbocycles. The Morgan fingerprint density at radius 2 is 2.26 bits per heavy atom. The second-order valence-electron chi connectivity index (χ2n) is 6.13. The minimum atomic E-state index is 0.0670. The maximum atomic E-state index is 6.10. The fraction of sp³-hybridized carbons (Fsp3) is 0.625. The summed E-state index contributed by atoms with van der Waals surface area (Å²) >= 11 is 9.68. The summed E-state index contributed by atoms with van der Waals surface area (Å²) in [7, 11) is 0. The van der Waals surface area contributed by atoms with E-state index < -0.39 is 0 Å². The summed E-state index contributed by atoms with van der Waals surface area (Å²) in [5.41, 5.74) is 1.38. The van der Waals surface area contributed by atoms with Crippen LogP contribution < -0.4 is 0 Å². The zero-order valence-corrected chi connectivity index (χ0v) is 14.0. The van der Waals surface area contributed by atoms with Gasteiger partial charge in [0.1, 0.15) is 0 Å². The lowest BCUT2D eigenvalue weighted by Gasteiger charge is -2.22. The van der Waals surface area contributed by atoms with Gasteiger partial charge in [-0.05, 0) is 63.1 Å². The molecule has 0 bridgehead atoms. The Kier molecular flexibility index (Phi) is 5.33. The molecule has 1 aromatic rings. The molecule has 0 amide bonds. The fourth-order valence-electron chi connectivity index (χ4n) is 2.81. The van der Waals surface area contributed by atoms with Crippen molar-refractivity contribution in [3.8, 4) is 0 Å². The van der Waals surface area contributed by atoms with Crippen LogP contribution in [-0.4, -0.2) is 17.0 Å². The van der Waals surface area contributed by atoms with Crippen LogP contribution in [0.5, 0.6) is 0 Å². The first-order chi connectivity index (χ1) is 8.98. The number of alkyl halides is 1. The third kappa shape index (κ3) is 4.77. The van der Waals surface area contributed by atoms with Gasteiger partial charge >= 0.3 is 0 Å². The molecule has 1 aliphatic rings. The molecule has 0 aliphatic carbocycles. The Balaban J connectivity index is 1.90. The van der Waals surface area contributed by atoms with Crippen molar-refractivity contribution in [1.29, 1.82) is 0 Å². The lowest BCUT2D eigenvalue weighted by Crippen LogP contribution is -2.22. The van der Waals surface area contributed by atoms with Gasteiger partial charge in [-0.25, -0.2) is 0 Å². The predicted molar refractivity (Wildman–Crippen MR) is 85.2 cm³/mol. The van der Waals surface area contributed by atoms with Gasteiger partial charge in [0.15, 0.2) is 0 Å². The van der Waals surface area contributed by atoms with Crippen molar-refractivity contribution in [3.05, 3.63) is 34.9 Å². The molecule has 2 unspecified atom stereocenters. The molecule has 1 saturated heterocycles. The van der Waals surface area contributed by atoms with Gasteiger partial charge in [0.05, 0.1) is 11.7 Å². The highest BCUT2D eigenvalue weighted by atomic mass is 79.9. The smallest absolute Gasteiger partial charge is 0.0631 e. The summed E-state index contributed by atoms with van der Waals surface area (Å²) in [6.45, 7) is 4.38. The molecular formula is C16H22BrClO. The second-order valence-corrected chi connectivity index (χ2v) is 7.21. The standard InChI is InChI=1S/C16H22BrClO/c1-16(2)7-6-15(19-16)10-13(11-17)8-12-4-3-5-14(18)9-12/h3-5,9,13,15H,6-8,10-11H2,1-2H3. The number of hydrogen-bond acceptors (Lipinski definition) is 1.